The lowest BCUT2D eigenvalue weighted by atomic mass is 9.61. The van der Waals surface area contributed by atoms with Gasteiger partial charge in [-0.05, 0) is 44.6 Å². The van der Waals surface area contributed by atoms with Crippen LogP contribution in [0.15, 0.2) is 18.2 Å². The van der Waals surface area contributed by atoms with Crippen molar-refractivity contribution in [3.05, 3.63) is 29.3 Å². The molecule has 0 radical (unpaired) electrons. The molecule has 10 heteroatoms. The zero-order valence-electron chi connectivity index (χ0n) is 23.5. The second kappa shape index (κ2) is 11.0. The summed E-state index contributed by atoms with van der Waals surface area (Å²) in [7, 11) is 0. The van der Waals surface area contributed by atoms with Gasteiger partial charge >= 0.3 is 17.8 Å². The number of amides is 3. The van der Waals surface area contributed by atoms with Crippen molar-refractivity contribution in [1.29, 1.82) is 0 Å². The number of hydrogen-bond donors (Lipinski definition) is 4. The van der Waals surface area contributed by atoms with E-state index in [1.807, 2.05) is 13.8 Å². The summed E-state index contributed by atoms with van der Waals surface area (Å²) in [5.74, 6) is -6.08. The zero-order valence-corrected chi connectivity index (χ0v) is 23.5. The SMILES string of the molecule is CC1CCCCC1(C(N)=O)[N+](C(=O)C1CCCC1)(c1cc(C(=O)O)cc(C(=O)O)c1)C1(C(N)=O)CCCCC1C. The van der Waals surface area contributed by atoms with Crippen molar-refractivity contribution >= 4 is 35.3 Å². The van der Waals surface area contributed by atoms with Gasteiger partial charge in [-0.1, -0.05) is 39.5 Å². The quantitative estimate of drug-likeness (QED) is 0.350. The van der Waals surface area contributed by atoms with E-state index in [4.69, 9.17) is 11.5 Å². The third kappa shape index (κ3) is 4.14. The molecule has 1 aromatic rings. The molecule has 0 heterocycles. The van der Waals surface area contributed by atoms with Gasteiger partial charge in [-0.3, -0.25) is 9.59 Å². The maximum atomic E-state index is 15.4. The molecule has 0 saturated heterocycles. The number of hydrogen-bond acceptors (Lipinski definition) is 5. The maximum absolute atomic E-state index is 15.4. The van der Waals surface area contributed by atoms with Gasteiger partial charge in [0, 0.05) is 36.8 Å². The average Bonchev–Trinajstić information content (AvgIpc) is 3.45. The smallest absolute Gasteiger partial charge is 0.335 e. The van der Waals surface area contributed by atoms with Crippen LogP contribution in [0.1, 0.15) is 112 Å². The van der Waals surface area contributed by atoms with E-state index in [2.05, 4.69) is 0 Å². The molecule has 0 aromatic heterocycles. The van der Waals surface area contributed by atoms with Crippen molar-refractivity contribution in [3.63, 3.8) is 0 Å². The molecule has 6 N–H and O–H groups in total. The molecule has 40 heavy (non-hydrogen) atoms. The Morgan fingerprint density at radius 3 is 1.45 bits per heavy atom. The summed E-state index contributed by atoms with van der Waals surface area (Å²) in [6.07, 6.45) is 6.94. The van der Waals surface area contributed by atoms with Gasteiger partial charge in [0.25, 0.3) is 11.8 Å². The van der Waals surface area contributed by atoms with E-state index in [0.717, 1.165) is 31.7 Å². The number of primary amides is 2. The van der Waals surface area contributed by atoms with Gasteiger partial charge in [0.05, 0.1) is 17.0 Å². The van der Waals surface area contributed by atoms with Crippen molar-refractivity contribution in [1.82, 2.24) is 4.48 Å². The molecule has 3 aliphatic rings. The summed E-state index contributed by atoms with van der Waals surface area (Å²) in [5.41, 5.74) is 8.79. The molecule has 4 atom stereocenters. The standard InChI is InChI=1S/C30H41N3O7/c1-18-9-5-7-13-29(18,27(31)39)33(24(34)20-11-3-4-12-20,30(28(32)40)14-8-6-10-19(30)2)23-16-21(25(35)36)15-22(17-23)26(37)38/h15-20H,3-14H2,1-2H3,(H5-,31,32,35,36,37,38,39,40)/p+1. The van der Waals surface area contributed by atoms with Gasteiger partial charge in [0.15, 0.2) is 11.1 Å². The molecular formula is C30H42N3O7+. The number of quaternary nitrogens is 1. The summed E-state index contributed by atoms with van der Waals surface area (Å²) in [6.45, 7) is 3.72. The van der Waals surface area contributed by atoms with Crippen LogP contribution < -0.4 is 16.0 Å². The molecule has 4 rings (SSSR count). The lowest BCUT2D eigenvalue weighted by molar-refractivity contribution is -0.176. The fourth-order valence-corrected chi connectivity index (χ4v) is 8.56. The maximum Gasteiger partial charge on any atom is 0.335 e. The van der Waals surface area contributed by atoms with Crippen LogP contribution in [0.5, 0.6) is 0 Å². The van der Waals surface area contributed by atoms with Crippen molar-refractivity contribution in [2.45, 2.75) is 102 Å². The fraction of sp³-hybridized carbons (Fsp3) is 0.633. The van der Waals surface area contributed by atoms with Crippen LogP contribution in [-0.4, -0.2) is 51.0 Å². The van der Waals surface area contributed by atoms with E-state index < -0.39 is 57.1 Å². The van der Waals surface area contributed by atoms with Gasteiger partial charge in [0.2, 0.25) is 0 Å². The molecular weight excluding hydrogens is 514 g/mol. The second-order valence-electron chi connectivity index (χ2n) is 12.2. The van der Waals surface area contributed by atoms with Gasteiger partial charge in [-0.15, -0.1) is 0 Å². The third-order valence-electron chi connectivity index (χ3n) is 10.4. The number of carbonyl (C=O) groups excluding carboxylic acids is 3. The largest absolute Gasteiger partial charge is 0.478 e. The van der Waals surface area contributed by atoms with Gasteiger partial charge in [0.1, 0.15) is 5.69 Å². The zero-order chi connectivity index (χ0) is 29.5. The minimum atomic E-state index is -1.63. The first-order valence-corrected chi connectivity index (χ1v) is 14.5. The summed E-state index contributed by atoms with van der Waals surface area (Å²) in [4.78, 5) is 68.1. The van der Waals surface area contributed by atoms with Crippen LogP contribution in [0.2, 0.25) is 0 Å². The van der Waals surface area contributed by atoms with Crippen LogP contribution in [0.25, 0.3) is 0 Å². The fourth-order valence-electron chi connectivity index (χ4n) is 8.56. The predicted molar refractivity (Wildman–Crippen MR) is 148 cm³/mol. The Morgan fingerprint density at radius 2 is 1.10 bits per heavy atom. The number of benzene rings is 1. The average molecular weight is 557 g/mol. The number of carboxylic acid groups (broad SMARTS) is 2. The number of carbonyl (C=O) groups is 5. The molecule has 4 unspecified atom stereocenters. The Bertz CT molecular complexity index is 1150. The third-order valence-corrected chi connectivity index (χ3v) is 10.4. The first kappa shape index (κ1) is 29.7. The van der Waals surface area contributed by atoms with Crippen molar-refractivity contribution in [2.75, 3.05) is 0 Å². The molecule has 3 saturated carbocycles. The van der Waals surface area contributed by atoms with Crippen LogP contribution >= 0.6 is 0 Å². The van der Waals surface area contributed by atoms with Crippen LogP contribution in [-0.2, 0) is 14.4 Å². The highest BCUT2D eigenvalue weighted by Crippen LogP contribution is 2.58. The number of nitrogens with zero attached hydrogens (tertiary/aromatic N) is 1. The van der Waals surface area contributed by atoms with Gasteiger partial charge in [-0.2, -0.15) is 0 Å². The second-order valence-corrected chi connectivity index (χ2v) is 12.2. The number of rotatable bonds is 8. The molecule has 218 valence electrons. The molecule has 3 aliphatic carbocycles. The molecule has 3 amide bonds. The first-order valence-electron chi connectivity index (χ1n) is 14.5. The Labute approximate surface area is 234 Å². The van der Waals surface area contributed by atoms with Gasteiger partial charge < -0.3 is 21.7 Å². The number of aromatic carboxylic acids is 2. The summed E-state index contributed by atoms with van der Waals surface area (Å²) < 4.78 is -0.834. The first-order chi connectivity index (χ1) is 18.9. The van der Waals surface area contributed by atoms with Crippen molar-refractivity contribution in [3.8, 4) is 0 Å². The van der Waals surface area contributed by atoms with E-state index in [1.165, 1.54) is 12.1 Å². The van der Waals surface area contributed by atoms with E-state index >= 15 is 4.79 Å². The van der Waals surface area contributed by atoms with Crippen molar-refractivity contribution < 1.29 is 34.2 Å². The van der Waals surface area contributed by atoms with E-state index in [0.29, 0.717) is 38.5 Å². The van der Waals surface area contributed by atoms with Crippen LogP contribution in [0.3, 0.4) is 0 Å². The lowest BCUT2D eigenvalue weighted by Crippen LogP contribution is -2.88. The van der Waals surface area contributed by atoms with Crippen molar-refractivity contribution in [2.24, 2.45) is 29.2 Å². The van der Waals surface area contributed by atoms with E-state index in [-0.39, 0.29) is 35.6 Å². The van der Waals surface area contributed by atoms with Crippen LogP contribution in [0, 0.1) is 17.8 Å². The highest BCUT2D eigenvalue weighted by Gasteiger charge is 2.76. The number of carboxylic acids is 2. The Hall–Kier alpha value is -3.27. The minimum Gasteiger partial charge on any atom is -0.478 e. The van der Waals surface area contributed by atoms with E-state index in [1.54, 1.807) is 0 Å². The summed E-state index contributed by atoms with van der Waals surface area (Å²) in [5, 5.41) is 20.1. The van der Waals surface area contributed by atoms with E-state index in [9.17, 15) is 29.4 Å². The topological polar surface area (TPSA) is 178 Å². The van der Waals surface area contributed by atoms with Crippen LogP contribution in [0.4, 0.5) is 5.69 Å². The Morgan fingerprint density at radius 1 is 0.700 bits per heavy atom. The minimum absolute atomic E-state index is 0.00861. The Kier molecular flexibility index (Phi) is 8.13. The highest BCUT2D eigenvalue weighted by atomic mass is 16.4. The molecule has 0 bridgehead atoms. The normalized spacial score (nSPS) is 30.8. The summed E-state index contributed by atoms with van der Waals surface area (Å²) >= 11 is 0. The molecule has 1 aromatic carbocycles. The summed E-state index contributed by atoms with van der Waals surface area (Å²) in [6, 6.07) is 3.59. The van der Waals surface area contributed by atoms with Gasteiger partial charge in [-0.25, -0.2) is 18.9 Å². The lowest BCUT2D eigenvalue weighted by Gasteiger charge is -2.63. The predicted octanol–water partition coefficient (Wildman–Crippen LogP) is 3.98. The molecule has 0 aliphatic heterocycles. The molecule has 0 spiro atoms. The number of nitrogens with two attached hydrogens (primary N) is 2. The monoisotopic (exact) mass is 556 g/mol. The molecule has 10 nitrogen and oxygen atoms in total. The Balaban J connectivity index is 2.30. The molecule has 3 fully saturated rings. The highest BCUT2D eigenvalue weighted by molar-refractivity contribution is 6.08.